The van der Waals surface area contributed by atoms with E-state index in [4.69, 9.17) is 4.74 Å². The summed E-state index contributed by atoms with van der Waals surface area (Å²) < 4.78 is 5.35. The second-order valence-electron chi connectivity index (χ2n) is 5.18. The Labute approximate surface area is 142 Å². The van der Waals surface area contributed by atoms with Crippen molar-refractivity contribution in [3.8, 4) is 5.75 Å². The Bertz CT molecular complexity index is 856. The molecule has 0 saturated carbocycles. The molecule has 0 spiro atoms. The molecule has 120 valence electrons. The smallest absolute Gasteiger partial charge is 0.343 e. The van der Waals surface area contributed by atoms with Gasteiger partial charge in [-0.2, -0.15) is 0 Å². The number of benzene rings is 2. The normalized spacial score (nSPS) is 15.5. The lowest BCUT2D eigenvalue weighted by atomic mass is 10.1. The molecule has 2 amide bonds. The van der Waals surface area contributed by atoms with Gasteiger partial charge in [-0.25, -0.2) is 4.79 Å². The molecule has 2 aromatic carbocycles. The van der Waals surface area contributed by atoms with Crippen LogP contribution in [0.2, 0.25) is 0 Å². The number of ether oxygens (including phenoxy) is 1. The highest BCUT2D eigenvalue weighted by Gasteiger charge is 2.24. The summed E-state index contributed by atoms with van der Waals surface area (Å²) in [5.74, 6) is -0.514. The second-order valence-corrected chi connectivity index (χ2v) is 6.20. The molecule has 1 aliphatic rings. The lowest BCUT2D eigenvalue weighted by Gasteiger charge is -2.05. The van der Waals surface area contributed by atoms with E-state index in [0.717, 1.165) is 17.3 Å². The van der Waals surface area contributed by atoms with E-state index in [1.54, 1.807) is 42.5 Å². The highest BCUT2D eigenvalue weighted by Crippen LogP contribution is 2.26. The highest BCUT2D eigenvalue weighted by molar-refractivity contribution is 8.18. The Hall–Kier alpha value is -2.86. The van der Waals surface area contributed by atoms with Crippen LogP contribution in [0, 0.1) is 6.92 Å². The zero-order chi connectivity index (χ0) is 17.1. The third-order valence-corrected chi connectivity index (χ3v) is 4.11. The molecule has 0 aliphatic carbocycles. The number of aryl methyl sites for hydroxylation is 1. The number of hydrogen-bond acceptors (Lipinski definition) is 5. The van der Waals surface area contributed by atoms with Crippen molar-refractivity contribution in [1.29, 1.82) is 0 Å². The molecule has 0 aromatic heterocycles. The maximum Gasteiger partial charge on any atom is 0.343 e. The molecule has 1 N–H and O–H groups in total. The fourth-order valence-corrected chi connectivity index (χ4v) is 2.78. The molecule has 0 unspecified atom stereocenters. The topological polar surface area (TPSA) is 72.5 Å². The summed E-state index contributed by atoms with van der Waals surface area (Å²) in [6, 6.07) is 13.8. The number of carbonyl (C=O) groups excluding carboxylic acids is 3. The van der Waals surface area contributed by atoms with Gasteiger partial charge >= 0.3 is 5.97 Å². The quantitative estimate of drug-likeness (QED) is 0.526. The fourth-order valence-electron chi connectivity index (χ4n) is 2.10. The van der Waals surface area contributed by atoms with Gasteiger partial charge in [0.05, 0.1) is 10.5 Å². The zero-order valence-electron chi connectivity index (χ0n) is 12.7. The molecule has 3 rings (SSSR count). The molecule has 2 aromatic rings. The number of carbonyl (C=O) groups is 3. The zero-order valence-corrected chi connectivity index (χ0v) is 13.6. The van der Waals surface area contributed by atoms with Crippen molar-refractivity contribution in [3.05, 3.63) is 70.1 Å². The van der Waals surface area contributed by atoms with Crippen LogP contribution in [0.5, 0.6) is 5.75 Å². The van der Waals surface area contributed by atoms with Gasteiger partial charge in [0.2, 0.25) is 0 Å². The first-order valence-corrected chi connectivity index (χ1v) is 7.97. The van der Waals surface area contributed by atoms with E-state index in [1.807, 2.05) is 19.1 Å². The Morgan fingerprint density at radius 1 is 1.12 bits per heavy atom. The molecule has 1 aliphatic heterocycles. The molecule has 1 saturated heterocycles. The molecule has 0 radical (unpaired) electrons. The van der Waals surface area contributed by atoms with Crippen LogP contribution in [0.4, 0.5) is 4.79 Å². The molecule has 0 atom stereocenters. The number of esters is 1. The van der Waals surface area contributed by atoms with Crippen molar-refractivity contribution in [2.75, 3.05) is 0 Å². The minimum Gasteiger partial charge on any atom is -0.423 e. The van der Waals surface area contributed by atoms with E-state index in [-0.39, 0.29) is 0 Å². The van der Waals surface area contributed by atoms with E-state index in [2.05, 4.69) is 5.32 Å². The van der Waals surface area contributed by atoms with Gasteiger partial charge in [-0.15, -0.1) is 0 Å². The van der Waals surface area contributed by atoms with E-state index < -0.39 is 17.1 Å². The van der Waals surface area contributed by atoms with E-state index >= 15 is 0 Å². The maximum atomic E-state index is 12.1. The number of rotatable bonds is 3. The molecule has 1 heterocycles. The summed E-state index contributed by atoms with van der Waals surface area (Å²) in [5, 5.41) is 1.80. The molecule has 5 nitrogen and oxygen atoms in total. The number of thioether (sulfide) groups is 1. The van der Waals surface area contributed by atoms with Crippen LogP contribution >= 0.6 is 11.8 Å². The fraction of sp³-hybridized carbons (Fsp3) is 0.0556. The van der Waals surface area contributed by atoms with Gasteiger partial charge in [-0.3, -0.25) is 14.9 Å². The predicted molar refractivity (Wildman–Crippen MR) is 91.7 cm³/mol. The average Bonchev–Trinajstić information content (AvgIpc) is 2.86. The minimum absolute atomic E-state index is 0.307. The first kappa shape index (κ1) is 16.0. The van der Waals surface area contributed by atoms with E-state index in [9.17, 15) is 14.4 Å². The lowest BCUT2D eigenvalue weighted by Crippen LogP contribution is -2.17. The number of hydrogen-bond donors (Lipinski definition) is 1. The maximum absolute atomic E-state index is 12.1. The Kier molecular flexibility index (Phi) is 4.48. The van der Waals surface area contributed by atoms with Crippen LogP contribution in [0.3, 0.4) is 0 Å². The van der Waals surface area contributed by atoms with Crippen molar-refractivity contribution in [1.82, 2.24) is 5.32 Å². The number of amides is 2. The third kappa shape index (κ3) is 3.72. The van der Waals surface area contributed by atoms with Crippen molar-refractivity contribution in [2.24, 2.45) is 0 Å². The highest BCUT2D eigenvalue weighted by atomic mass is 32.2. The minimum atomic E-state index is -0.456. The summed E-state index contributed by atoms with van der Waals surface area (Å²) in [5.41, 5.74) is 2.18. The first-order chi connectivity index (χ1) is 11.5. The van der Waals surface area contributed by atoms with Crippen LogP contribution < -0.4 is 10.1 Å². The summed E-state index contributed by atoms with van der Waals surface area (Å²) >= 11 is 0.840. The summed E-state index contributed by atoms with van der Waals surface area (Å²) in [6.07, 6.45) is 1.58. The molecular formula is C18H13NO4S. The standard InChI is InChI=1S/C18H13NO4S/c1-11-5-7-13(8-6-11)17(21)23-14-4-2-3-12(9-14)10-15-16(20)19-18(22)24-15/h2-10H,1H3,(H,19,20,22)/b15-10-. The van der Waals surface area contributed by atoms with Gasteiger partial charge in [0.1, 0.15) is 5.75 Å². The first-order valence-electron chi connectivity index (χ1n) is 7.15. The van der Waals surface area contributed by atoms with E-state index in [0.29, 0.717) is 21.8 Å². The van der Waals surface area contributed by atoms with Crippen LogP contribution in [0.1, 0.15) is 21.5 Å². The van der Waals surface area contributed by atoms with Crippen molar-refractivity contribution in [2.45, 2.75) is 6.92 Å². The van der Waals surface area contributed by atoms with Crippen molar-refractivity contribution >= 4 is 35.0 Å². The Morgan fingerprint density at radius 2 is 1.88 bits per heavy atom. The summed E-state index contributed by atoms with van der Waals surface area (Å²) in [6.45, 7) is 1.94. The Balaban J connectivity index is 1.77. The number of nitrogens with one attached hydrogen (secondary N) is 1. The van der Waals surface area contributed by atoms with Crippen LogP contribution in [0.25, 0.3) is 6.08 Å². The summed E-state index contributed by atoms with van der Waals surface area (Å²) in [4.78, 5) is 35.2. The van der Waals surface area contributed by atoms with Gasteiger partial charge in [-0.05, 0) is 54.6 Å². The van der Waals surface area contributed by atoms with Crippen molar-refractivity contribution < 1.29 is 19.1 Å². The second kappa shape index (κ2) is 6.72. The van der Waals surface area contributed by atoms with Gasteiger partial charge in [-0.1, -0.05) is 29.8 Å². The summed E-state index contributed by atoms with van der Waals surface area (Å²) in [7, 11) is 0. The molecular weight excluding hydrogens is 326 g/mol. The van der Waals surface area contributed by atoms with Gasteiger partial charge in [0.25, 0.3) is 11.1 Å². The third-order valence-electron chi connectivity index (χ3n) is 3.30. The largest absolute Gasteiger partial charge is 0.423 e. The monoisotopic (exact) mass is 339 g/mol. The Morgan fingerprint density at radius 3 is 2.54 bits per heavy atom. The van der Waals surface area contributed by atoms with E-state index in [1.165, 1.54) is 0 Å². The van der Waals surface area contributed by atoms with Crippen LogP contribution in [0.15, 0.2) is 53.4 Å². The lowest BCUT2D eigenvalue weighted by molar-refractivity contribution is -0.115. The van der Waals surface area contributed by atoms with Crippen LogP contribution in [-0.2, 0) is 4.79 Å². The molecule has 0 bridgehead atoms. The van der Waals surface area contributed by atoms with Crippen LogP contribution in [-0.4, -0.2) is 17.1 Å². The SMILES string of the molecule is Cc1ccc(C(=O)Oc2cccc(/C=C3\SC(=O)NC3=O)c2)cc1. The van der Waals surface area contributed by atoms with Gasteiger partial charge < -0.3 is 4.74 Å². The predicted octanol–water partition coefficient (Wildman–Crippen LogP) is 3.54. The van der Waals surface area contributed by atoms with Crippen molar-refractivity contribution in [3.63, 3.8) is 0 Å². The molecule has 1 fully saturated rings. The van der Waals surface area contributed by atoms with Gasteiger partial charge in [0.15, 0.2) is 0 Å². The number of imide groups is 1. The molecule has 6 heteroatoms. The van der Waals surface area contributed by atoms with Gasteiger partial charge in [0, 0.05) is 0 Å². The molecule has 24 heavy (non-hydrogen) atoms. The average molecular weight is 339 g/mol.